The number of anilines is 1. The molecular weight excluding hydrogens is 434 g/mol. The van der Waals surface area contributed by atoms with E-state index in [0.29, 0.717) is 35.1 Å². The number of nitrogens with two attached hydrogens (primary N) is 1. The predicted molar refractivity (Wildman–Crippen MR) is 128 cm³/mol. The lowest BCUT2D eigenvalue weighted by Gasteiger charge is -2.17. The summed E-state index contributed by atoms with van der Waals surface area (Å²) in [5.41, 5.74) is 7.39. The maximum Gasteiger partial charge on any atom is 0.415 e. The van der Waals surface area contributed by atoms with Crippen LogP contribution >= 0.6 is 0 Å². The van der Waals surface area contributed by atoms with Crippen molar-refractivity contribution in [3.05, 3.63) is 89.0 Å². The summed E-state index contributed by atoms with van der Waals surface area (Å²) in [7, 11) is 1.54. The molecule has 2 aliphatic rings. The third kappa shape index (κ3) is 4.03. The summed E-state index contributed by atoms with van der Waals surface area (Å²) >= 11 is 0. The van der Waals surface area contributed by atoms with Gasteiger partial charge in [-0.2, -0.15) is 5.10 Å². The maximum absolute atomic E-state index is 12.7. The van der Waals surface area contributed by atoms with Gasteiger partial charge in [0.25, 0.3) is 0 Å². The van der Waals surface area contributed by atoms with Crippen LogP contribution < -0.4 is 20.8 Å². The Hall–Kier alpha value is -4.40. The van der Waals surface area contributed by atoms with Gasteiger partial charge in [0, 0.05) is 18.3 Å². The second-order valence-electron chi connectivity index (χ2n) is 8.16. The fourth-order valence-electron chi connectivity index (χ4n) is 3.87. The molecule has 1 saturated heterocycles. The lowest BCUT2D eigenvalue weighted by atomic mass is 10.2. The molecule has 1 aromatic heterocycles. The van der Waals surface area contributed by atoms with E-state index in [0.717, 1.165) is 12.8 Å². The molecule has 1 saturated carbocycles. The maximum atomic E-state index is 12.7. The molecule has 2 fully saturated rings. The number of allylic oxidation sites excluding steroid dienone is 1. The summed E-state index contributed by atoms with van der Waals surface area (Å²) in [5, 5.41) is 4.52. The van der Waals surface area contributed by atoms with Crippen LogP contribution in [-0.2, 0) is 4.74 Å². The van der Waals surface area contributed by atoms with Crippen LogP contribution in [0.4, 0.5) is 16.2 Å². The smallest absolute Gasteiger partial charge is 0.415 e. The average Bonchev–Trinajstić information content (AvgIpc) is 3.53. The highest BCUT2D eigenvalue weighted by Crippen LogP contribution is 2.46. The van der Waals surface area contributed by atoms with Gasteiger partial charge >= 0.3 is 6.09 Å². The number of aromatic nitrogens is 2. The van der Waals surface area contributed by atoms with Crippen LogP contribution in [0.1, 0.15) is 18.5 Å². The molecule has 5 rings (SSSR count). The van der Waals surface area contributed by atoms with Crippen molar-refractivity contribution >= 4 is 23.2 Å². The average molecular weight is 457 g/mol. The van der Waals surface area contributed by atoms with Crippen molar-refractivity contribution < 1.29 is 14.3 Å². The number of nitrogens with zero attached hydrogens (tertiary/aromatic N) is 4. The quantitative estimate of drug-likeness (QED) is 0.569. The first-order valence-electron chi connectivity index (χ1n) is 10.8. The van der Waals surface area contributed by atoms with Crippen molar-refractivity contribution in [2.45, 2.75) is 18.4 Å². The van der Waals surface area contributed by atoms with Crippen molar-refractivity contribution in [2.75, 3.05) is 18.6 Å². The largest absolute Gasteiger partial charge is 0.494 e. The van der Waals surface area contributed by atoms with Gasteiger partial charge in [0.05, 0.1) is 30.7 Å². The zero-order valence-corrected chi connectivity index (χ0v) is 18.5. The number of carbonyl (C=O) groups excluding carboxylic acids is 1. The number of hydrogen-bond acceptors (Lipinski definition) is 7. The minimum absolute atomic E-state index is 0.137. The molecule has 2 heterocycles. The Bertz CT molecular complexity index is 1360. The van der Waals surface area contributed by atoms with Gasteiger partial charge in [-0.15, -0.1) is 0 Å². The Labute approximate surface area is 195 Å². The number of aliphatic imine (C=N–C) groups is 1. The number of rotatable bonds is 6. The molecule has 0 bridgehead atoms. The lowest BCUT2D eigenvalue weighted by molar-refractivity contribution is 0.129. The molecular formula is C25H23N5O4. The van der Waals surface area contributed by atoms with Gasteiger partial charge in [-0.25, -0.2) is 14.5 Å². The molecule has 1 spiro atoms. The Morgan fingerprint density at radius 3 is 2.65 bits per heavy atom. The van der Waals surface area contributed by atoms with Gasteiger partial charge in [0.15, 0.2) is 5.69 Å². The van der Waals surface area contributed by atoms with E-state index >= 15 is 0 Å². The topological polar surface area (TPSA) is 112 Å². The van der Waals surface area contributed by atoms with Crippen molar-refractivity contribution in [2.24, 2.45) is 10.7 Å². The van der Waals surface area contributed by atoms with E-state index in [2.05, 4.69) is 10.1 Å². The molecule has 2 N–H and O–H groups in total. The number of methoxy groups -OCH3 is 1. The molecule has 2 aromatic carbocycles. The summed E-state index contributed by atoms with van der Waals surface area (Å²) in [6, 6.07) is 16.0. The normalized spacial score (nSPS) is 16.8. The van der Waals surface area contributed by atoms with Crippen molar-refractivity contribution in [1.29, 1.82) is 0 Å². The third-order valence-electron chi connectivity index (χ3n) is 5.81. The fourth-order valence-corrected chi connectivity index (χ4v) is 3.87. The minimum Gasteiger partial charge on any atom is -0.494 e. The van der Waals surface area contributed by atoms with E-state index in [1.54, 1.807) is 29.3 Å². The van der Waals surface area contributed by atoms with Gasteiger partial charge in [-0.1, -0.05) is 18.2 Å². The van der Waals surface area contributed by atoms with Crippen LogP contribution in [0, 0.1) is 0 Å². The monoisotopic (exact) mass is 457 g/mol. The van der Waals surface area contributed by atoms with Crippen molar-refractivity contribution in [3.8, 4) is 11.4 Å². The molecule has 1 amide bonds. The van der Waals surface area contributed by atoms with Crippen LogP contribution in [0.5, 0.6) is 5.75 Å². The van der Waals surface area contributed by atoms with Gasteiger partial charge in [0.1, 0.15) is 17.0 Å². The minimum atomic E-state index is -0.355. The number of ether oxygens (including phenoxy) is 2. The summed E-state index contributed by atoms with van der Waals surface area (Å²) in [5.74, 6) is 0.486. The summed E-state index contributed by atoms with van der Waals surface area (Å²) in [6.07, 6.45) is 5.83. The highest BCUT2D eigenvalue weighted by Gasteiger charge is 2.54. The number of benzene rings is 2. The number of para-hydroxylation sites is 1. The van der Waals surface area contributed by atoms with Gasteiger partial charge in [0.2, 0.25) is 5.43 Å². The second-order valence-corrected chi connectivity index (χ2v) is 8.16. The number of hydrogen-bond donors (Lipinski definition) is 1. The van der Waals surface area contributed by atoms with E-state index in [9.17, 15) is 9.59 Å². The van der Waals surface area contributed by atoms with Crippen LogP contribution in [0.2, 0.25) is 0 Å². The first-order chi connectivity index (χ1) is 16.5. The Morgan fingerprint density at radius 1 is 1.18 bits per heavy atom. The molecule has 0 atom stereocenters. The molecule has 1 aliphatic heterocycles. The van der Waals surface area contributed by atoms with E-state index in [-0.39, 0.29) is 22.8 Å². The predicted octanol–water partition coefficient (Wildman–Crippen LogP) is 3.32. The molecule has 1 aliphatic carbocycles. The second kappa shape index (κ2) is 8.51. The van der Waals surface area contributed by atoms with E-state index in [4.69, 9.17) is 15.2 Å². The molecule has 0 unspecified atom stereocenters. The fraction of sp³-hybridized carbons (Fsp3) is 0.200. The highest BCUT2D eigenvalue weighted by molar-refractivity contribution is 6.08. The summed E-state index contributed by atoms with van der Waals surface area (Å²) < 4.78 is 12.6. The molecule has 0 radical (unpaired) electrons. The van der Waals surface area contributed by atoms with Gasteiger partial charge in [-0.3, -0.25) is 9.69 Å². The standard InChI is InChI=1S/C25H23N5O4/c1-33-22-15-18(29-16-25(11-12-25)34-24(29)32)7-8-20(22)30-14-10-21(31)23(28-30)19(9-13-26)27-17-5-3-2-4-6-17/h2-10,13-15H,11-12,16,26H2,1H3. The van der Waals surface area contributed by atoms with Crippen LogP contribution in [-0.4, -0.2) is 40.8 Å². The van der Waals surface area contributed by atoms with Crippen molar-refractivity contribution in [1.82, 2.24) is 9.78 Å². The molecule has 172 valence electrons. The van der Waals surface area contributed by atoms with Gasteiger partial charge in [-0.05, 0) is 49.4 Å². The summed E-state index contributed by atoms with van der Waals surface area (Å²) in [4.78, 5) is 31.2. The lowest BCUT2D eigenvalue weighted by Crippen LogP contribution is -2.25. The van der Waals surface area contributed by atoms with E-state index < -0.39 is 0 Å². The summed E-state index contributed by atoms with van der Waals surface area (Å²) in [6.45, 7) is 0.527. The first kappa shape index (κ1) is 21.4. The number of amides is 1. The SMILES string of the molecule is COc1cc(N2CC3(CC3)OC2=O)ccc1-n1ccc(=O)c(C(C=CN)=Nc2ccccc2)n1. The highest BCUT2D eigenvalue weighted by atomic mass is 16.6. The zero-order chi connectivity index (χ0) is 23.7. The molecule has 34 heavy (non-hydrogen) atoms. The Balaban J connectivity index is 1.53. The molecule has 3 aromatic rings. The van der Waals surface area contributed by atoms with Crippen molar-refractivity contribution in [3.63, 3.8) is 0 Å². The molecule has 9 nitrogen and oxygen atoms in total. The van der Waals surface area contributed by atoms with E-state index in [1.807, 2.05) is 30.3 Å². The van der Waals surface area contributed by atoms with E-state index in [1.165, 1.54) is 30.1 Å². The zero-order valence-electron chi connectivity index (χ0n) is 18.5. The third-order valence-corrected chi connectivity index (χ3v) is 5.81. The van der Waals surface area contributed by atoms with Crippen LogP contribution in [0.3, 0.4) is 0 Å². The number of carbonyl (C=O) groups is 1. The first-order valence-corrected chi connectivity index (χ1v) is 10.8. The van der Waals surface area contributed by atoms with Crippen LogP contribution in [0.25, 0.3) is 5.69 Å². The van der Waals surface area contributed by atoms with Crippen LogP contribution in [0.15, 0.2) is 82.9 Å². The Morgan fingerprint density at radius 2 is 1.97 bits per heavy atom. The van der Waals surface area contributed by atoms with Gasteiger partial charge < -0.3 is 15.2 Å². The Kier molecular flexibility index (Phi) is 5.37. The molecule has 9 heteroatoms.